The van der Waals surface area contributed by atoms with Gasteiger partial charge in [0.15, 0.2) is 0 Å². The minimum atomic E-state index is -1.75. The quantitative estimate of drug-likeness (QED) is 0.107. The lowest BCUT2D eigenvalue weighted by Crippen LogP contribution is -2.56. The third-order valence-electron chi connectivity index (χ3n) is 4.36. The first kappa shape index (κ1) is 28.7. The summed E-state index contributed by atoms with van der Waals surface area (Å²) in [5, 5.41) is 24.5. The third-order valence-corrected chi connectivity index (χ3v) is 4.36. The van der Waals surface area contributed by atoms with Crippen molar-refractivity contribution in [2.45, 2.75) is 69.6 Å². The zero-order valence-corrected chi connectivity index (χ0v) is 17.8. The van der Waals surface area contributed by atoms with E-state index < -0.39 is 66.2 Å². The van der Waals surface area contributed by atoms with Crippen molar-refractivity contribution in [3.63, 3.8) is 0 Å². The minimum Gasteiger partial charge on any atom is -0.481 e. The smallest absolute Gasteiger partial charge is 0.326 e. The first-order valence-corrected chi connectivity index (χ1v) is 9.98. The monoisotopic (exact) mass is 460 g/mol. The minimum absolute atomic E-state index is 0.272. The molecule has 0 fully saturated rings. The van der Waals surface area contributed by atoms with E-state index in [0.717, 1.165) is 0 Å². The molecule has 0 saturated carbocycles. The zero-order chi connectivity index (χ0) is 24.8. The van der Waals surface area contributed by atoms with Crippen molar-refractivity contribution >= 4 is 35.6 Å². The largest absolute Gasteiger partial charge is 0.481 e. The highest BCUT2D eigenvalue weighted by Gasteiger charge is 2.30. The summed E-state index contributed by atoms with van der Waals surface area (Å²) in [6.45, 7) is 1.80. The maximum absolute atomic E-state index is 12.4. The van der Waals surface area contributed by atoms with E-state index in [9.17, 15) is 28.8 Å². The number of primary amides is 1. The molecule has 0 aliphatic rings. The summed E-state index contributed by atoms with van der Waals surface area (Å²) in [6, 6.07) is -5.13. The lowest BCUT2D eigenvalue weighted by Gasteiger charge is -2.23. The fraction of sp³-hybridized carbons (Fsp3) is 0.667. The molecule has 0 aromatic carbocycles. The Hall–Kier alpha value is -3.26. The summed E-state index contributed by atoms with van der Waals surface area (Å²) in [6.07, 6.45) is 0.190. The van der Waals surface area contributed by atoms with Crippen molar-refractivity contribution in [3.05, 3.63) is 0 Å². The summed E-state index contributed by atoms with van der Waals surface area (Å²) in [4.78, 5) is 70.0. The molecule has 0 aromatic rings. The number of aliphatic carboxylic acids is 2. The van der Waals surface area contributed by atoms with Crippen LogP contribution in [0.5, 0.6) is 0 Å². The van der Waals surface area contributed by atoms with Crippen molar-refractivity contribution < 1.29 is 39.0 Å². The molecule has 182 valence electrons. The molecule has 0 radical (unpaired) electrons. The maximum atomic E-state index is 12.4. The van der Waals surface area contributed by atoms with Gasteiger partial charge < -0.3 is 43.4 Å². The second kappa shape index (κ2) is 14.7. The zero-order valence-electron chi connectivity index (χ0n) is 17.8. The van der Waals surface area contributed by atoms with E-state index in [0.29, 0.717) is 25.8 Å². The van der Waals surface area contributed by atoms with Crippen LogP contribution in [0.15, 0.2) is 0 Å². The van der Waals surface area contributed by atoms with Crippen molar-refractivity contribution in [3.8, 4) is 0 Å². The van der Waals surface area contributed by atoms with Crippen LogP contribution in [-0.2, 0) is 28.8 Å². The number of carbonyl (C=O) groups is 6. The van der Waals surface area contributed by atoms with Gasteiger partial charge in [0.1, 0.15) is 18.1 Å². The number of nitrogens with one attached hydrogen (secondary N) is 3. The Morgan fingerprint density at radius 3 is 1.94 bits per heavy atom. The second-order valence-corrected chi connectivity index (χ2v) is 7.18. The van der Waals surface area contributed by atoms with Gasteiger partial charge in [0.25, 0.3) is 0 Å². The predicted octanol–water partition coefficient (Wildman–Crippen LogP) is -3.26. The summed E-state index contributed by atoms with van der Waals surface area (Å²) >= 11 is 0. The summed E-state index contributed by atoms with van der Waals surface area (Å²) in [7, 11) is 0. The molecular weight excluding hydrogens is 428 g/mol. The first-order valence-electron chi connectivity index (χ1n) is 9.98. The van der Waals surface area contributed by atoms with Crippen molar-refractivity contribution in [1.29, 1.82) is 0 Å². The number of unbranched alkanes of at least 4 members (excludes halogenated alkanes) is 1. The van der Waals surface area contributed by atoms with E-state index in [-0.39, 0.29) is 12.8 Å². The first-order chi connectivity index (χ1) is 14.9. The van der Waals surface area contributed by atoms with Crippen LogP contribution in [0.2, 0.25) is 0 Å². The maximum Gasteiger partial charge on any atom is 0.326 e. The van der Waals surface area contributed by atoms with Crippen LogP contribution in [0.25, 0.3) is 0 Å². The standard InChI is InChI=1S/C18H32N6O8/c1-9(22-16(29)10(20)4-2-3-7-19)15(28)23-11(5-6-13(21)25)17(30)24-12(18(31)32)8-14(26)27/h9-12H,2-8,19-20H2,1H3,(H2,21,25)(H,22,29)(H,23,28)(H,24,30)(H,26,27)(H,31,32). The van der Waals surface area contributed by atoms with Crippen LogP contribution in [0.3, 0.4) is 0 Å². The Labute approximate surface area is 184 Å². The molecule has 14 nitrogen and oxygen atoms in total. The Bertz CT molecular complexity index is 701. The molecule has 4 unspecified atom stereocenters. The van der Waals surface area contributed by atoms with Crippen LogP contribution in [0.1, 0.15) is 45.4 Å². The fourth-order valence-corrected chi connectivity index (χ4v) is 2.52. The van der Waals surface area contributed by atoms with E-state index in [1.165, 1.54) is 6.92 Å². The van der Waals surface area contributed by atoms with Gasteiger partial charge in [-0.1, -0.05) is 6.42 Å². The normalized spacial score (nSPS) is 14.3. The van der Waals surface area contributed by atoms with Gasteiger partial charge in [0.05, 0.1) is 12.5 Å². The van der Waals surface area contributed by atoms with Gasteiger partial charge in [-0.05, 0) is 32.7 Å². The number of carboxylic acids is 2. The number of hydrogen-bond acceptors (Lipinski definition) is 8. The molecule has 14 heteroatoms. The summed E-state index contributed by atoms with van der Waals surface area (Å²) < 4.78 is 0. The number of hydrogen-bond donors (Lipinski definition) is 8. The van der Waals surface area contributed by atoms with Crippen LogP contribution in [0, 0.1) is 0 Å². The van der Waals surface area contributed by atoms with E-state index in [4.69, 9.17) is 27.4 Å². The molecule has 32 heavy (non-hydrogen) atoms. The van der Waals surface area contributed by atoms with Crippen molar-refractivity contribution in [2.24, 2.45) is 17.2 Å². The van der Waals surface area contributed by atoms with Gasteiger partial charge in [0.2, 0.25) is 23.6 Å². The molecule has 0 bridgehead atoms. The number of carboxylic acid groups (broad SMARTS) is 2. The Morgan fingerprint density at radius 1 is 0.844 bits per heavy atom. The van der Waals surface area contributed by atoms with E-state index >= 15 is 0 Å². The van der Waals surface area contributed by atoms with Crippen LogP contribution < -0.4 is 33.2 Å². The molecule has 0 aliphatic heterocycles. The van der Waals surface area contributed by atoms with Crippen LogP contribution >= 0.6 is 0 Å². The van der Waals surface area contributed by atoms with E-state index in [1.807, 2.05) is 5.32 Å². The molecule has 0 aromatic heterocycles. The van der Waals surface area contributed by atoms with Gasteiger partial charge in [-0.2, -0.15) is 0 Å². The predicted molar refractivity (Wildman–Crippen MR) is 111 cm³/mol. The van der Waals surface area contributed by atoms with Crippen LogP contribution in [-0.4, -0.2) is 76.5 Å². The molecule has 4 atom stereocenters. The Balaban J connectivity index is 5.11. The van der Waals surface area contributed by atoms with E-state index in [1.54, 1.807) is 0 Å². The average molecular weight is 460 g/mol. The Morgan fingerprint density at radius 2 is 1.44 bits per heavy atom. The third kappa shape index (κ3) is 11.8. The molecule has 0 aliphatic carbocycles. The number of rotatable bonds is 16. The summed E-state index contributed by atoms with van der Waals surface area (Å²) in [5.41, 5.74) is 16.2. The molecular formula is C18H32N6O8. The number of carbonyl (C=O) groups excluding carboxylic acids is 4. The lowest BCUT2D eigenvalue weighted by atomic mass is 10.1. The number of nitrogens with two attached hydrogens (primary N) is 3. The van der Waals surface area contributed by atoms with Gasteiger partial charge in [-0.25, -0.2) is 4.79 Å². The highest BCUT2D eigenvalue weighted by atomic mass is 16.4. The number of amides is 4. The van der Waals surface area contributed by atoms with Crippen LogP contribution in [0.4, 0.5) is 0 Å². The second-order valence-electron chi connectivity index (χ2n) is 7.18. The lowest BCUT2D eigenvalue weighted by molar-refractivity contribution is -0.147. The molecule has 0 rings (SSSR count). The molecule has 0 heterocycles. The van der Waals surface area contributed by atoms with Gasteiger partial charge in [-0.3, -0.25) is 24.0 Å². The van der Waals surface area contributed by atoms with Crippen molar-refractivity contribution in [2.75, 3.05) is 6.54 Å². The Kier molecular flexibility index (Phi) is 13.2. The van der Waals surface area contributed by atoms with Gasteiger partial charge in [-0.15, -0.1) is 0 Å². The van der Waals surface area contributed by atoms with Gasteiger partial charge >= 0.3 is 11.9 Å². The van der Waals surface area contributed by atoms with Gasteiger partial charge in [0, 0.05) is 6.42 Å². The SMILES string of the molecule is CC(NC(=O)C(N)CCCCN)C(=O)NC(CCC(N)=O)C(=O)NC(CC(=O)O)C(=O)O. The molecule has 0 saturated heterocycles. The average Bonchev–Trinajstić information content (AvgIpc) is 2.69. The highest BCUT2D eigenvalue weighted by Crippen LogP contribution is 2.03. The highest BCUT2D eigenvalue weighted by molar-refractivity contribution is 5.94. The summed E-state index contributed by atoms with van der Waals surface area (Å²) in [5.74, 6) is -6.25. The topological polar surface area (TPSA) is 257 Å². The van der Waals surface area contributed by atoms with E-state index in [2.05, 4.69) is 10.6 Å². The molecule has 4 amide bonds. The molecule has 0 spiro atoms. The molecule has 11 N–H and O–H groups in total. The fourth-order valence-electron chi connectivity index (χ4n) is 2.52. The van der Waals surface area contributed by atoms with Crippen molar-refractivity contribution in [1.82, 2.24) is 16.0 Å².